The molecule has 2 aromatic carbocycles. The smallest absolute Gasteiger partial charge is 0.548 e. The Labute approximate surface area is 244 Å². The number of thioether (sulfide) groups is 2. The van der Waals surface area contributed by atoms with Crippen LogP contribution in [0.25, 0.3) is 0 Å². The first kappa shape index (κ1) is 26.1. The zero-order valence-corrected chi connectivity index (χ0v) is 24.9. The van der Waals surface area contributed by atoms with Gasteiger partial charge >= 0.3 is 68.9 Å². The topological polar surface area (TPSA) is 77.5 Å². The molecule has 1 amide bonds. The zero-order chi connectivity index (χ0) is 20.8. The first-order chi connectivity index (χ1) is 14.0. The summed E-state index contributed by atoms with van der Waals surface area (Å²) in [6.07, 6.45) is 0.358. The molecule has 0 aliphatic carbocycles. The van der Waals surface area contributed by atoms with Crippen LogP contribution < -0.4 is 74.0 Å². The molecule has 3 rings (SSSR count). The number of carbonyl (C=O) groups is 3. The Kier molecular flexibility index (Phi) is 11.1. The summed E-state index contributed by atoms with van der Waals surface area (Å²) < 4.78 is 0. The van der Waals surface area contributed by atoms with Gasteiger partial charge in [-0.2, -0.15) is 0 Å². The molecule has 1 fully saturated rings. The Morgan fingerprint density at radius 3 is 2.27 bits per heavy atom. The van der Waals surface area contributed by atoms with E-state index in [1.54, 1.807) is 43.0 Å². The quantitative estimate of drug-likeness (QED) is 0.463. The third-order valence-electron chi connectivity index (χ3n) is 4.76. The Morgan fingerprint density at radius 1 is 1.07 bits per heavy atom. The number of rotatable bonds is 7. The summed E-state index contributed by atoms with van der Waals surface area (Å²) in [5.41, 5.74) is 0.588. The van der Waals surface area contributed by atoms with Crippen molar-refractivity contribution >= 4 is 40.5 Å². The van der Waals surface area contributed by atoms with Gasteiger partial charge in [0.05, 0.1) is 12.0 Å². The molecule has 0 bridgehead atoms. The van der Waals surface area contributed by atoms with Crippen molar-refractivity contribution in [3.05, 3.63) is 66.2 Å². The van der Waals surface area contributed by atoms with E-state index in [9.17, 15) is 19.5 Å². The average Bonchev–Trinajstić information content (AvgIpc) is 3.16. The van der Waals surface area contributed by atoms with Crippen LogP contribution in [-0.4, -0.2) is 45.5 Å². The van der Waals surface area contributed by atoms with Crippen molar-refractivity contribution in [1.29, 1.82) is 0 Å². The van der Waals surface area contributed by atoms with Crippen LogP contribution in [0.5, 0.6) is 0 Å². The standard InChI is InChI=1S/C22H23NO4S2.Cs/c1-15(14-28-22(27)16-8-4-2-5-9-16)20(24)23-13-18(12-19(23)21(25)26)29-17-10-6-3-7-11-17;/h2-11,15,18-19H,12-14H2,1H3,(H,25,26);/q;+1/p-1/t15-,18-,19-;/m1./s1. The van der Waals surface area contributed by atoms with Crippen molar-refractivity contribution in [1.82, 2.24) is 4.90 Å². The summed E-state index contributed by atoms with van der Waals surface area (Å²) in [5.74, 6) is -1.63. The van der Waals surface area contributed by atoms with Gasteiger partial charge in [0, 0.05) is 33.9 Å². The first-order valence-corrected chi connectivity index (χ1v) is 11.3. The summed E-state index contributed by atoms with van der Waals surface area (Å²) in [5, 5.41) is 11.5. The van der Waals surface area contributed by atoms with E-state index in [0.717, 1.165) is 16.7 Å². The molecule has 5 nitrogen and oxygen atoms in total. The normalized spacial score (nSPS) is 19.0. The predicted molar refractivity (Wildman–Crippen MR) is 114 cm³/mol. The zero-order valence-electron chi connectivity index (χ0n) is 17.0. The summed E-state index contributed by atoms with van der Waals surface area (Å²) >= 11 is 2.66. The second kappa shape index (κ2) is 12.7. The molecule has 1 aliphatic heterocycles. The molecule has 0 aromatic heterocycles. The fourth-order valence-electron chi connectivity index (χ4n) is 3.25. The number of nitrogens with zero attached hydrogens (tertiary/aromatic N) is 1. The molecule has 30 heavy (non-hydrogen) atoms. The molecule has 2 aromatic rings. The van der Waals surface area contributed by atoms with Gasteiger partial charge in [-0.3, -0.25) is 9.59 Å². The molecule has 152 valence electrons. The van der Waals surface area contributed by atoms with E-state index < -0.39 is 17.9 Å². The first-order valence-electron chi connectivity index (χ1n) is 9.41. The van der Waals surface area contributed by atoms with Crippen LogP contribution in [0, 0.1) is 5.92 Å². The largest absolute Gasteiger partial charge is 1.00 e. The number of carboxylic acid groups (broad SMARTS) is 1. The number of carboxylic acids is 1. The van der Waals surface area contributed by atoms with Gasteiger partial charge in [0.15, 0.2) is 0 Å². The average molecular weight is 561 g/mol. The van der Waals surface area contributed by atoms with Crippen LogP contribution in [0.15, 0.2) is 65.6 Å². The monoisotopic (exact) mass is 561 g/mol. The molecule has 0 unspecified atom stereocenters. The van der Waals surface area contributed by atoms with E-state index in [-0.39, 0.29) is 85.2 Å². The maximum atomic E-state index is 12.9. The fraction of sp³-hybridized carbons (Fsp3) is 0.318. The maximum Gasteiger partial charge on any atom is 1.00 e. The van der Waals surface area contributed by atoms with Crippen molar-refractivity contribution in [2.24, 2.45) is 5.92 Å². The third kappa shape index (κ3) is 7.16. The van der Waals surface area contributed by atoms with Crippen LogP contribution in [0.2, 0.25) is 0 Å². The van der Waals surface area contributed by atoms with E-state index in [0.29, 0.717) is 24.3 Å². The number of hydrogen-bond donors (Lipinski definition) is 0. The van der Waals surface area contributed by atoms with E-state index >= 15 is 0 Å². The predicted octanol–water partition coefficient (Wildman–Crippen LogP) is -0.288. The summed E-state index contributed by atoms with van der Waals surface area (Å²) in [6, 6.07) is 17.7. The number of carbonyl (C=O) groups excluding carboxylic acids is 3. The number of aliphatic carboxylic acids is 1. The minimum Gasteiger partial charge on any atom is -0.548 e. The number of hydrogen-bond acceptors (Lipinski definition) is 6. The van der Waals surface area contributed by atoms with Gasteiger partial charge in [0.25, 0.3) is 0 Å². The molecule has 0 N–H and O–H groups in total. The van der Waals surface area contributed by atoms with Gasteiger partial charge in [-0.15, -0.1) is 11.8 Å². The fourth-order valence-corrected chi connectivity index (χ4v) is 5.31. The van der Waals surface area contributed by atoms with Gasteiger partial charge in [-0.05, 0) is 18.6 Å². The molecule has 3 atom stereocenters. The summed E-state index contributed by atoms with van der Waals surface area (Å²) in [6.45, 7) is 2.09. The molecule has 1 saturated heterocycles. The molecular formula is C22H22CsNO4S2. The molecule has 0 saturated carbocycles. The van der Waals surface area contributed by atoms with Crippen LogP contribution in [-0.2, 0) is 9.59 Å². The van der Waals surface area contributed by atoms with Crippen molar-refractivity contribution in [3.63, 3.8) is 0 Å². The minimum absolute atomic E-state index is 0. The minimum atomic E-state index is -1.23. The number of amides is 1. The summed E-state index contributed by atoms with van der Waals surface area (Å²) in [7, 11) is 0. The maximum absolute atomic E-state index is 12.9. The van der Waals surface area contributed by atoms with Gasteiger partial charge in [0.2, 0.25) is 11.0 Å². The Bertz CT molecular complexity index is 866. The van der Waals surface area contributed by atoms with Crippen molar-refractivity contribution in [2.75, 3.05) is 12.3 Å². The molecule has 0 radical (unpaired) electrons. The van der Waals surface area contributed by atoms with E-state index in [4.69, 9.17) is 0 Å². The molecule has 1 heterocycles. The van der Waals surface area contributed by atoms with Gasteiger partial charge in [-0.1, -0.05) is 67.2 Å². The van der Waals surface area contributed by atoms with Crippen LogP contribution in [0.3, 0.4) is 0 Å². The second-order valence-corrected chi connectivity index (χ2v) is 9.35. The van der Waals surface area contributed by atoms with Crippen LogP contribution in [0.4, 0.5) is 0 Å². The Morgan fingerprint density at radius 2 is 1.67 bits per heavy atom. The van der Waals surface area contributed by atoms with Gasteiger partial charge in [0.1, 0.15) is 0 Å². The van der Waals surface area contributed by atoms with Crippen molar-refractivity contribution < 1.29 is 88.4 Å². The Hall–Kier alpha value is -0.198. The van der Waals surface area contributed by atoms with Gasteiger partial charge in [-0.25, -0.2) is 0 Å². The van der Waals surface area contributed by atoms with E-state index in [1.165, 1.54) is 4.90 Å². The molecule has 1 aliphatic rings. The van der Waals surface area contributed by atoms with Crippen LogP contribution >= 0.6 is 23.5 Å². The van der Waals surface area contributed by atoms with E-state index in [2.05, 4.69) is 0 Å². The third-order valence-corrected chi connectivity index (χ3v) is 7.14. The van der Waals surface area contributed by atoms with Gasteiger partial charge < -0.3 is 14.8 Å². The molecule has 8 heteroatoms. The van der Waals surface area contributed by atoms with E-state index in [1.807, 2.05) is 36.4 Å². The van der Waals surface area contributed by atoms with Crippen molar-refractivity contribution in [2.45, 2.75) is 29.5 Å². The Balaban J connectivity index is 0.00000320. The van der Waals surface area contributed by atoms with Crippen LogP contribution in [0.1, 0.15) is 23.7 Å². The summed E-state index contributed by atoms with van der Waals surface area (Å²) in [4.78, 5) is 39.2. The number of likely N-dealkylation sites (tertiary alicyclic amines) is 1. The second-order valence-electron chi connectivity index (χ2n) is 6.98. The molecular weight excluding hydrogens is 539 g/mol. The van der Waals surface area contributed by atoms with Crippen molar-refractivity contribution in [3.8, 4) is 0 Å². The molecule has 0 spiro atoms. The SMILES string of the molecule is C[C@H](CSC(=O)c1ccccc1)C(=O)N1C[C@H](Sc2ccccc2)C[C@@H]1C(=O)[O-].[Cs+]. The number of benzene rings is 2.